The molecule has 0 saturated carbocycles. The normalized spacial score (nSPS) is 11.3. The van der Waals surface area contributed by atoms with E-state index in [2.05, 4.69) is 31.4 Å². The molecule has 3 heterocycles. The number of benzene rings is 1. The Hall–Kier alpha value is -3.07. The molecule has 3 aromatic heterocycles. The van der Waals surface area contributed by atoms with E-state index >= 15 is 0 Å². The number of nitrogens with one attached hydrogen (secondary N) is 1. The molecule has 4 rings (SSSR count). The topological polar surface area (TPSA) is 64.2 Å². The van der Waals surface area contributed by atoms with Crippen LogP contribution in [-0.2, 0) is 0 Å². The van der Waals surface area contributed by atoms with Gasteiger partial charge < -0.3 is 5.32 Å². The number of hydrogen-bond donors (Lipinski definition) is 1. The van der Waals surface area contributed by atoms with E-state index in [1.807, 2.05) is 0 Å². The van der Waals surface area contributed by atoms with Gasteiger partial charge in [0, 0.05) is 6.20 Å². The van der Waals surface area contributed by atoms with Crippen LogP contribution in [0.2, 0.25) is 0 Å². The Bertz CT molecular complexity index is 1120. The predicted octanol–water partition coefficient (Wildman–Crippen LogP) is 4.47. The van der Waals surface area contributed by atoms with Crippen LogP contribution in [0.25, 0.3) is 11.2 Å². The van der Waals surface area contributed by atoms with Crippen LogP contribution in [0, 0.1) is 0 Å². The standard InChI is InChI=1S/C18H12BrF2N5O/c19-13-8-22-25-10-11(6-7-15(13)25)18(27)24-14-9-23-26(16(14)17(20)21)12-4-2-1-3-5-12/h1-10,17H,(H,24,27). The van der Waals surface area contributed by atoms with Crippen LogP contribution in [0.1, 0.15) is 22.5 Å². The minimum atomic E-state index is -2.81. The number of nitrogens with zero attached hydrogens (tertiary/aromatic N) is 4. The Morgan fingerprint density at radius 2 is 1.85 bits per heavy atom. The van der Waals surface area contributed by atoms with Crippen molar-refractivity contribution in [3.63, 3.8) is 0 Å². The smallest absolute Gasteiger partial charge is 0.282 e. The molecule has 1 aromatic carbocycles. The average Bonchev–Trinajstić information content (AvgIpc) is 3.26. The molecule has 0 aliphatic rings. The number of aromatic nitrogens is 4. The summed E-state index contributed by atoms with van der Waals surface area (Å²) in [6, 6.07) is 11.9. The molecule has 0 fully saturated rings. The predicted molar refractivity (Wildman–Crippen MR) is 99.4 cm³/mol. The quantitative estimate of drug-likeness (QED) is 0.518. The molecule has 1 N–H and O–H groups in total. The summed E-state index contributed by atoms with van der Waals surface area (Å²) in [6.45, 7) is 0. The van der Waals surface area contributed by atoms with Gasteiger partial charge in [-0.3, -0.25) is 4.79 Å². The monoisotopic (exact) mass is 431 g/mol. The maximum atomic E-state index is 13.6. The third kappa shape index (κ3) is 3.21. The first-order valence-electron chi connectivity index (χ1n) is 7.90. The second kappa shape index (κ2) is 6.92. The highest BCUT2D eigenvalue weighted by Gasteiger charge is 2.23. The lowest BCUT2D eigenvalue weighted by Gasteiger charge is -2.10. The van der Waals surface area contributed by atoms with Crippen LogP contribution in [0.5, 0.6) is 0 Å². The summed E-state index contributed by atoms with van der Waals surface area (Å²) in [5, 5.41) is 10.6. The van der Waals surface area contributed by atoms with Gasteiger partial charge >= 0.3 is 0 Å². The van der Waals surface area contributed by atoms with Crippen molar-refractivity contribution in [2.75, 3.05) is 5.32 Å². The molecule has 0 atom stereocenters. The Kier molecular flexibility index (Phi) is 4.44. The molecule has 0 spiro atoms. The third-order valence-electron chi connectivity index (χ3n) is 3.99. The van der Waals surface area contributed by atoms with E-state index in [0.717, 1.165) is 14.7 Å². The van der Waals surface area contributed by atoms with E-state index in [-0.39, 0.29) is 16.9 Å². The maximum absolute atomic E-state index is 13.6. The lowest BCUT2D eigenvalue weighted by molar-refractivity contribution is 0.102. The van der Waals surface area contributed by atoms with Crippen molar-refractivity contribution in [2.45, 2.75) is 6.43 Å². The molecule has 9 heteroatoms. The van der Waals surface area contributed by atoms with E-state index in [1.54, 1.807) is 48.7 Å². The van der Waals surface area contributed by atoms with Crippen molar-refractivity contribution in [3.05, 3.63) is 76.8 Å². The Morgan fingerprint density at radius 3 is 2.59 bits per heavy atom. The first-order valence-corrected chi connectivity index (χ1v) is 8.69. The van der Waals surface area contributed by atoms with Gasteiger partial charge in [-0.15, -0.1) is 0 Å². The van der Waals surface area contributed by atoms with Crippen LogP contribution in [-0.4, -0.2) is 25.3 Å². The highest BCUT2D eigenvalue weighted by atomic mass is 79.9. The number of anilines is 1. The Morgan fingerprint density at radius 1 is 1.07 bits per heavy atom. The van der Waals surface area contributed by atoms with Crippen molar-refractivity contribution in [3.8, 4) is 5.69 Å². The van der Waals surface area contributed by atoms with Gasteiger partial charge in [0.05, 0.1) is 39.3 Å². The van der Waals surface area contributed by atoms with Crippen molar-refractivity contribution < 1.29 is 13.6 Å². The molecule has 0 aliphatic carbocycles. The Balaban J connectivity index is 1.67. The van der Waals surface area contributed by atoms with E-state index < -0.39 is 12.3 Å². The first-order chi connectivity index (χ1) is 13.0. The minimum Gasteiger partial charge on any atom is -0.319 e. The number of rotatable bonds is 4. The molecule has 6 nitrogen and oxygen atoms in total. The fraction of sp³-hybridized carbons (Fsp3) is 0.0556. The first kappa shape index (κ1) is 17.3. The summed E-state index contributed by atoms with van der Waals surface area (Å²) < 4.78 is 30.7. The number of carbonyl (C=O) groups is 1. The number of fused-ring (bicyclic) bond motifs is 1. The van der Waals surface area contributed by atoms with Crippen LogP contribution in [0.3, 0.4) is 0 Å². The van der Waals surface area contributed by atoms with Crippen molar-refractivity contribution in [1.29, 1.82) is 0 Å². The van der Waals surface area contributed by atoms with Gasteiger partial charge in [-0.1, -0.05) is 18.2 Å². The largest absolute Gasteiger partial charge is 0.319 e. The van der Waals surface area contributed by atoms with Gasteiger partial charge in [0.1, 0.15) is 5.69 Å². The summed E-state index contributed by atoms with van der Waals surface area (Å²) in [7, 11) is 0. The SMILES string of the molecule is O=C(Nc1cnn(-c2ccccc2)c1C(F)F)c1ccc2c(Br)cnn2c1. The number of alkyl halides is 2. The maximum Gasteiger partial charge on any atom is 0.282 e. The number of carbonyl (C=O) groups excluding carboxylic acids is 1. The average molecular weight is 432 g/mol. The third-order valence-corrected chi connectivity index (χ3v) is 4.60. The molecule has 27 heavy (non-hydrogen) atoms. The summed E-state index contributed by atoms with van der Waals surface area (Å²) in [5.74, 6) is -0.530. The number of hydrogen-bond acceptors (Lipinski definition) is 3. The summed E-state index contributed by atoms with van der Waals surface area (Å²) >= 11 is 3.35. The zero-order valence-electron chi connectivity index (χ0n) is 13.7. The zero-order chi connectivity index (χ0) is 19.0. The van der Waals surface area contributed by atoms with Crippen molar-refractivity contribution >= 4 is 33.0 Å². The minimum absolute atomic E-state index is 0.0411. The van der Waals surface area contributed by atoms with Crippen molar-refractivity contribution in [1.82, 2.24) is 19.4 Å². The van der Waals surface area contributed by atoms with Crippen LogP contribution < -0.4 is 5.32 Å². The van der Waals surface area contributed by atoms with Gasteiger partial charge in [0.25, 0.3) is 12.3 Å². The fourth-order valence-corrected chi connectivity index (χ4v) is 3.13. The molecule has 0 unspecified atom stereocenters. The molecule has 0 bridgehead atoms. The molecule has 0 aliphatic heterocycles. The van der Waals surface area contributed by atoms with E-state index in [0.29, 0.717) is 5.69 Å². The molecule has 136 valence electrons. The van der Waals surface area contributed by atoms with Crippen LogP contribution in [0.15, 0.2) is 65.5 Å². The highest BCUT2D eigenvalue weighted by molar-refractivity contribution is 9.10. The molecular weight excluding hydrogens is 420 g/mol. The highest BCUT2D eigenvalue weighted by Crippen LogP contribution is 2.29. The Labute approximate surface area is 160 Å². The molecule has 1 amide bonds. The van der Waals surface area contributed by atoms with E-state index in [9.17, 15) is 13.6 Å². The van der Waals surface area contributed by atoms with Crippen LogP contribution in [0.4, 0.5) is 14.5 Å². The second-order valence-corrected chi connectivity index (χ2v) is 6.54. The van der Waals surface area contributed by atoms with Gasteiger partial charge in [0.2, 0.25) is 0 Å². The number of para-hydroxylation sites is 1. The van der Waals surface area contributed by atoms with E-state index in [1.165, 1.54) is 16.9 Å². The summed E-state index contributed by atoms with van der Waals surface area (Å²) in [5.41, 5.74) is 1.14. The zero-order valence-corrected chi connectivity index (χ0v) is 15.3. The molecule has 0 saturated heterocycles. The second-order valence-electron chi connectivity index (χ2n) is 5.69. The van der Waals surface area contributed by atoms with Gasteiger partial charge in [0.15, 0.2) is 0 Å². The number of halogens is 3. The van der Waals surface area contributed by atoms with Crippen LogP contribution >= 0.6 is 15.9 Å². The lowest BCUT2D eigenvalue weighted by Crippen LogP contribution is -2.14. The number of amides is 1. The van der Waals surface area contributed by atoms with Gasteiger partial charge in [-0.05, 0) is 40.2 Å². The lowest BCUT2D eigenvalue weighted by atomic mass is 10.2. The van der Waals surface area contributed by atoms with Gasteiger partial charge in [-0.2, -0.15) is 10.2 Å². The molecular formula is C18H12BrF2N5O. The fourth-order valence-electron chi connectivity index (χ4n) is 2.72. The van der Waals surface area contributed by atoms with E-state index in [4.69, 9.17) is 0 Å². The summed E-state index contributed by atoms with van der Waals surface area (Å²) in [6.07, 6.45) is 1.54. The molecule has 0 radical (unpaired) electrons. The number of pyridine rings is 1. The molecule has 4 aromatic rings. The van der Waals surface area contributed by atoms with Crippen molar-refractivity contribution in [2.24, 2.45) is 0 Å². The van der Waals surface area contributed by atoms with Gasteiger partial charge in [-0.25, -0.2) is 18.0 Å². The summed E-state index contributed by atoms with van der Waals surface area (Å²) in [4.78, 5) is 12.5.